The molecule has 0 aromatic heterocycles. The highest BCUT2D eigenvalue weighted by Gasteiger charge is 2.18. The van der Waals surface area contributed by atoms with Crippen LogP contribution in [-0.4, -0.2) is 12.0 Å². The van der Waals surface area contributed by atoms with Crippen LogP contribution in [0.2, 0.25) is 0 Å². The number of carbonyl (C=O) groups is 1. The topological polar surface area (TPSA) is 47.6 Å². The molecule has 0 spiro atoms. The summed E-state index contributed by atoms with van der Waals surface area (Å²) in [5.74, 6) is 1.71. The summed E-state index contributed by atoms with van der Waals surface area (Å²) in [6.45, 7) is 1.73. The Morgan fingerprint density at radius 3 is 2.28 bits per heavy atom. The number of rotatable bonds is 6. The number of benzene rings is 4. The molecule has 1 amide bonds. The first-order valence-corrected chi connectivity index (χ1v) is 9.48. The van der Waals surface area contributed by atoms with Crippen LogP contribution in [0.4, 0.5) is 5.69 Å². The molecule has 0 aliphatic heterocycles. The van der Waals surface area contributed by atoms with Crippen LogP contribution in [0.15, 0.2) is 97.1 Å². The van der Waals surface area contributed by atoms with Crippen LogP contribution < -0.4 is 14.8 Å². The lowest BCUT2D eigenvalue weighted by Gasteiger charge is -2.17. The van der Waals surface area contributed by atoms with Crippen LogP contribution in [0.3, 0.4) is 0 Å². The van der Waals surface area contributed by atoms with Gasteiger partial charge in [-0.15, -0.1) is 0 Å². The predicted molar refractivity (Wildman–Crippen MR) is 116 cm³/mol. The Balaban J connectivity index is 1.49. The molecule has 1 N–H and O–H groups in total. The Labute approximate surface area is 169 Å². The van der Waals surface area contributed by atoms with Gasteiger partial charge in [0.05, 0.1) is 5.69 Å². The van der Waals surface area contributed by atoms with E-state index >= 15 is 0 Å². The van der Waals surface area contributed by atoms with Gasteiger partial charge in [-0.1, -0.05) is 66.7 Å². The minimum Gasteiger partial charge on any atom is -0.480 e. The third kappa shape index (κ3) is 4.38. The second-order valence-electron chi connectivity index (χ2n) is 6.64. The molecule has 4 aromatic rings. The van der Waals surface area contributed by atoms with Crippen molar-refractivity contribution in [3.63, 3.8) is 0 Å². The molecule has 0 saturated heterocycles. The molecule has 29 heavy (non-hydrogen) atoms. The van der Waals surface area contributed by atoms with Crippen molar-refractivity contribution in [2.75, 3.05) is 5.32 Å². The number of carbonyl (C=O) groups excluding carboxylic acids is 1. The SMILES string of the molecule is CC(Oc1cccc2ccccc12)C(=O)Nc1ccccc1Oc1ccccc1. The van der Waals surface area contributed by atoms with Crippen LogP contribution in [0, 0.1) is 0 Å². The molecule has 0 saturated carbocycles. The van der Waals surface area contributed by atoms with Gasteiger partial charge >= 0.3 is 0 Å². The maximum absolute atomic E-state index is 12.8. The Morgan fingerprint density at radius 1 is 0.759 bits per heavy atom. The third-order valence-electron chi connectivity index (χ3n) is 4.54. The van der Waals surface area contributed by atoms with E-state index in [0.29, 0.717) is 22.9 Å². The highest BCUT2D eigenvalue weighted by atomic mass is 16.5. The van der Waals surface area contributed by atoms with Gasteiger partial charge in [0, 0.05) is 5.39 Å². The van der Waals surface area contributed by atoms with Crippen LogP contribution in [-0.2, 0) is 4.79 Å². The average molecular weight is 383 g/mol. The first-order valence-electron chi connectivity index (χ1n) is 9.48. The van der Waals surface area contributed by atoms with Gasteiger partial charge in [-0.05, 0) is 42.6 Å². The highest BCUT2D eigenvalue weighted by molar-refractivity contribution is 5.96. The minimum absolute atomic E-state index is 0.248. The van der Waals surface area contributed by atoms with E-state index in [1.807, 2.05) is 91.0 Å². The molecule has 0 fully saturated rings. The lowest BCUT2D eigenvalue weighted by atomic mass is 10.1. The Morgan fingerprint density at radius 2 is 1.41 bits per heavy atom. The number of fused-ring (bicyclic) bond motifs is 1. The normalized spacial score (nSPS) is 11.6. The zero-order valence-electron chi connectivity index (χ0n) is 16.0. The van der Waals surface area contributed by atoms with E-state index in [9.17, 15) is 4.79 Å². The Bertz CT molecular complexity index is 1120. The zero-order valence-corrected chi connectivity index (χ0v) is 16.0. The van der Waals surface area contributed by atoms with E-state index in [-0.39, 0.29) is 5.91 Å². The molecule has 0 aliphatic rings. The number of nitrogens with one attached hydrogen (secondary N) is 1. The number of anilines is 1. The van der Waals surface area contributed by atoms with Gasteiger partial charge in [-0.3, -0.25) is 4.79 Å². The summed E-state index contributed by atoms with van der Waals surface area (Å²) in [5, 5.41) is 4.95. The van der Waals surface area contributed by atoms with E-state index in [4.69, 9.17) is 9.47 Å². The second-order valence-corrected chi connectivity index (χ2v) is 6.64. The molecular weight excluding hydrogens is 362 g/mol. The number of ether oxygens (including phenoxy) is 2. The van der Waals surface area contributed by atoms with Crippen molar-refractivity contribution in [2.45, 2.75) is 13.0 Å². The van der Waals surface area contributed by atoms with Gasteiger partial charge in [0.2, 0.25) is 0 Å². The number of hydrogen-bond donors (Lipinski definition) is 1. The zero-order chi connectivity index (χ0) is 20.1. The quantitative estimate of drug-likeness (QED) is 0.442. The average Bonchev–Trinajstić information content (AvgIpc) is 2.76. The van der Waals surface area contributed by atoms with E-state index in [2.05, 4.69) is 5.32 Å². The van der Waals surface area contributed by atoms with Crippen molar-refractivity contribution < 1.29 is 14.3 Å². The largest absolute Gasteiger partial charge is 0.480 e. The summed E-state index contributed by atoms with van der Waals surface area (Å²) in [4.78, 5) is 12.8. The summed E-state index contributed by atoms with van der Waals surface area (Å²) in [6, 6.07) is 30.5. The van der Waals surface area contributed by atoms with Crippen LogP contribution >= 0.6 is 0 Å². The van der Waals surface area contributed by atoms with Gasteiger partial charge in [0.1, 0.15) is 11.5 Å². The summed E-state index contributed by atoms with van der Waals surface area (Å²) in [7, 11) is 0. The monoisotopic (exact) mass is 383 g/mol. The van der Waals surface area contributed by atoms with E-state index in [0.717, 1.165) is 10.8 Å². The van der Waals surface area contributed by atoms with Crippen molar-refractivity contribution in [2.24, 2.45) is 0 Å². The van der Waals surface area contributed by atoms with Crippen molar-refractivity contribution in [1.82, 2.24) is 0 Å². The van der Waals surface area contributed by atoms with Crippen LogP contribution in [0.25, 0.3) is 10.8 Å². The van der Waals surface area contributed by atoms with Gasteiger partial charge < -0.3 is 14.8 Å². The molecule has 0 radical (unpaired) electrons. The molecule has 0 heterocycles. The first-order chi connectivity index (χ1) is 14.2. The summed E-state index contributed by atoms with van der Waals surface area (Å²) in [5.41, 5.74) is 0.592. The fraction of sp³-hybridized carbons (Fsp3) is 0.0800. The molecule has 144 valence electrons. The summed E-state index contributed by atoms with van der Waals surface area (Å²) < 4.78 is 11.9. The maximum Gasteiger partial charge on any atom is 0.265 e. The summed E-state index contributed by atoms with van der Waals surface area (Å²) >= 11 is 0. The standard InChI is InChI=1S/C25H21NO3/c1-18(28-23-17-9-11-19-10-5-6-14-21(19)23)25(27)26-22-15-7-8-16-24(22)29-20-12-3-2-4-13-20/h2-18H,1H3,(H,26,27). The van der Waals surface area contributed by atoms with Crippen LogP contribution in [0.5, 0.6) is 17.2 Å². The van der Waals surface area contributed by atoms with E-state index in [1.54, 1.807) is 13.0 Å². The fourth-order valence-electron chi connectivity index (χ4n) is 3.05. The molecule has 4 rings (SSSR count). The number of hydrogen-bond acceptors (Lipinski definition) is 3. The molecule has 4 nitrogen and oxygen atoms in total. The molecule has 0 bridgehead atoms. The third-order valence-corrected chi connectivity index (χ3v) is 4.54. The maximum atomic E-state index is 12.8. The van der Waals surface area contributed by atoms with Crippen molar-refractivity contribution >= 4 is 22.4 Å². The highest BCUT2D eigenvalue weighted by Crippen LogP contribution is 2.30. The van der Waals surface area contributed by atoms with Gasteiger partial charge in [-0.25, -0.2) is 0 Å². The Kier molecular flexibility index (Phi) is 5.43. The first kappa shape index (κ1) is 18.6. The smallest absolute Gasteiger partial charge is 0.265 e. The lowest BCUT2D eigenvalue weighted by Crippen LogP contribution is -2.30. The minimum atomic E-state index is -0.675. The van der Waals surface area contributed by atoms with E-state index < -0.39 is 6.10 Å². The van der Waals surface area contributed by atoms with Gasteiger partial charge in [0.25, 0.3) is 5.91 Å². The van der Waals surface area contributed by atoms with Crippen molar-refractivity contribution in [1.29, 1.82) is 0 Å². The summed E-state index contributed by atoms with van der Waals surface area (Å²) in [6.07, 6.45) is -0.675. The lowest BCUT2D eigenvalue weighted by molar-refractivity contribution is -0.122. The fourth-order valence-corrected chi connectivity index (χ4v) is 3.05. The number of amides is 1. The molecule has 4 heteroatoms. The van der Waals surface area contributed by atoms with E-state index in [1.165, 1.54) is 0 Å². The van der Waals surface area contributed by atoms with Crippen molar-refractivity contribution in [3.05, 3.63) is 97.1 Å². The molecule has 1 atom stereocenters. The van der Waals surface area contributed by atoms with Crippen LogP contribution in [0.1, 0.15) is 6.92 Å². The van der Waals surface area contributed by atoms with Gasteiger partial charge in [-0.2, -0.15) is 0 Å². The molecule has 4 aromatic carbocycles. The van der Waals surface area contributed by atoms with Crippen molar-refractivity contribution in [3.8, 4) is 17.2 Å². The van der Waals surface area contributed by atoms with Gasteiger partial charge in [0.15, 0.2) is 11.9 Å². The number of para-hydroxylation sites is 3. The predicted octanol–water partition coefficient (Wildman–Crippen LogP) is 6.04. The Hall–Kier alpha value is -3.79. The molecule has 0 aliphatic carbocycles. The molecule has 1 unspecified atom stereocenters. The second kappa shape index (κ2) is 8.48. The molecular formula is C25H21NO3.